The maximum absolute atomic E-state index is 11.0. The highest BCUT2D eigenvalue weighted by Gasteiger charge is 2.15. The van der Waals surface area contributed by atoms with E-state index in [4.69, 9.17) is 0 Å². The molecule has 4 nitrogen and oxygen atoms in total. The van der Waals surface area contributed by atoms with E-state index in [-0.39, 0.29) is 5.91 Å². The van der Waals surface area contributed by atoms with Crippen LogP contribution in [0.3, 0.4) is 0 Å². The highest BCUT2D eigenvalue weighted by molar-refractivity contribution is 5.75. The van der Waals surface area contributed by atoms with Gasteiger partial charge in [0.1, 0.15) is 0 Å². The van der Waals surface area contributed by atoms with Gasteiger partial charge < -0.3 is 10.6 Å². The minimum atomic E-state index is 0.135. The lowest BCUT2D eigenvalue weighted by Gasteiger charge is -2.32. The van der Waals surface area contributed by atoms with Crippen molar-refractivity contribution in [2.45, 2.75) is 45.1 Å². The van der Waals surface area contributed by atoms with E-state index in [0.717, 1.165) is 19.5 Å². The van der Waals surface area contributed by atoms with Gasteiger partial charge in [-0.15, -0.1) is 0 Å². The molecule has 1 rings (SSSR count). The average molecular weight is 241 g/mol. The molecule has 4 heteroatoms. The summed E-state index contributed by atoms with van der Waals surface area (Å²) >= 11 is 0. The van der Waals surface area contributed by atoms with Gasteiger partial charge in [-0.2, -0.15) is 0 Å². The van der Waals surface area contributed by atoms with Crippen LogP contribution in [0.2, 0.25) is 0 Å². The fourth-order valence-corrected chi connectivity index (χ4v) is 2.30. The predicted octanol–water partition coefficient (Wildman–Crippen LogP) is 0.977. The molecule has 1 unspecified atom stereocenters. The van der Waals surface area contributed by atoms with Gasteiger partial charge in [0.05, 0.1) is 0 Å². The number of rotatable bonds is 7. The molecule has 17 heavy (non-hydrogen) atoms. The van der Waals surface area contributed by atoms with E-state index in [0.29, 0.717) is 12.5 Å². The zero-order valence-electron chi connectivity index (χ0n) is 11.3. The van der Waals surface area contributed by atoms with E-state index in [1.165, 1.54) is 32.4 Å². The molecule has 0 bridgehead atoms. The molecule has 1 heterocycles. The molecule has 0 aromatic rings. The van der Waals surface area contributed by atoms with Crippen molar-refractivity contribution in [3.8, 4) is 0 Å². The van der Waals surface area contributed by atoms with Crippen molar-refractivity contribution >= 4 is 5.91 Å². The Morgan fingerprint density at radius 3 is 2.65 bits per heavy atom. The lowest BCUT2D eigenvalue weighted by molar-refractivity contribution is -0.120. The monoisotopic (exact) mass is 241 g/mol. The number of likely N-dealkylation sites (tertiary alicyclic amines) is 1. The minimum absolute atomic E-state index is 0.135. The molecule has 100 valence electrons. The number of carbonyl (C=O) groups excluding carboxylic acids is 1. The maximum Gasteiger partial charge on any atom is 0.219 e. The highest BCUT2D eigenvalue weighted by atomic mass is 16.1. The molecular formula is C13H27N3O. The van der Waals surface area contributed by atoms with Gasteiger partial charge in [0.25, 0.3) is 0 Å². The smallest absolute Gasteiger partial charge is 0.219 e. The van der Waals surface area contributed by atoms with Crippen LogP contribution in [-0.2, 0) is 4.79 Å². The molecule has 1 aliphatic rings. The molecule has 1 aliphatic heterocycles. The third-order valence-corrected chi connectivity index (χ3v) is 3.49. The van der Waals surface area contributed by atoms with E-state index < -0.39 is 0 Å². The number of hydrogen-bond acceptors (Lipinski definition) is 3. The average Bonchev–Trinajstić information content (AvgIpc) is 2.38. The zero-order valence-corrected chi connectivity index (χ0v) is 11.3. The molecule has 2 N–H and O–H groups in total. The molecule has 0 spiro atoms. The lowest BCUT2D eigenvalue weighted by Crippen LogP contribution is -2.43. The second-order valence-corrected chi connectivity index (χ2v) is 4.93. The number of amides is 1. The van der Waals surface area contributed by atoms with Gasteiger partial charge in [-0.1, -0.05) is 6.42 Å². The van der Waals surface area contributed by atoms with Crippen LogP contribution in [0.5, 0.6) is 0 Å². The topological polar surface area (TPSA) is 44.4 Å². The highest BCUT2D eigenvalue weighted by Crippen LogP contribution is 2.11. The van der Waals surface area contributed by atoms with E-state index >= 15 is 0 Å². The Morgan fingerprint density at radius 1 is 1.29 bits per heavy atom. The van der Waals surface area contributed by atoms with Gasteiger partial charge in [-0.3, -0.25) is 9.69 Å². The van der Waals surface area contributed by atoms with Crippen molar-refractivity contribution in [2.75, 3.05) is 33.2 Å². The third-order valence-electron chi connectivity index (χ3n) is 3.49. The SMILES string of the molecule is CNC(=O)CCCNCC(C)N1CCCCC1. The minimum Gasteiger partial charge on any atom is -0.359 e. The number of carbonyl (C=O) groups is 1. The van der Waals surface area contributed by atoms with Crippen molar-refractivity contribution in [1.29, 1.82) is 0 Å². The molecule has 0 radical (unpaired) electrons. The summed E-state index contributed by atoms with van der Waals surface area (Å²) in [7, 11) is 1.69. The van der Waals surface area contributed by atoms with E-state index in [9.17, 15) is 4.79 Å². The van der Waals surface area contributed by atoms with Crippen LogP contribution in [0.4, 0.5) is 0 Å². The normalized spacial score (nSPS) is 18.9. The van der Waals surface area contributed by atoms with E-state index in [2.05, 4.69) is 22.5 Å². The summed E-state index contributed by atoms with van der Waals surface area (Å²) in [5.41, 5.74) is 0. The van der Waals surface area contributed by atoms with Gasteiger partial charge in [0, 0.05) is 26.1 Å². The first kappa shape index (κ1) is 14.5. The van der Waals surface area contributed by atoms with Crippen LogP contribution in [0.15, 0.2) is 0 Å². The largest absolute Gasteiger partial charge is 0.359 e. The summed E-state index contributed by atoms with van der Waals surface area (Å²) in [4.78, 5) is 13.6. The molecular weight excluding hydrogens is 214 g/mol. The Balaban J connectivity index is 1.99. The third kappa shape index (κ3) is 6.03. The Hall–Kier alpha value is -0.610. The van der Waals surface area contributed by atoms with Crippen molar-refractivity contribution in [3.05, 3.63) is 0 Å². The summed E-state index contributed by atoms with van der Waals surface area (Å²) in [5, 5.41) is 6.08. The number of nitrogens with zero attached hydrogens (tertiary/aromatic N) is 1. The van der Waals surface area contributed by atoms with Gasteiger partial charge in [0.15, 0.2) is 0 Å². The van der Waals surface area contributed by atoms with Crippen LogP contribution in [-0.4, -0.2) is 50.1 Å². The van der Waals surface area contributed by atoms with Gasteiger partial charge in [-0.25, -0.2) is 0 Å². The van der Waals surface area contributed by atoms with E-state index in [1.54, 1.807) is 7.05 Å². The fraction of sp³-hybridized carbons (Fsp3) is 0.923. The van der Waals surface area contributed by atoms with Crippen LogP contribution in [0.25, 0.3) is 0 Å². The first-order valence-electron chi connectivity index (χ1n) is 6.89. The fourth-order valence-electron chi connectivity index (χ4n) is 2.30. The maximum atomic E-state index is 11.0. The number of nitrogens with one attached hydrogen (secondary N) is 2. The standard InChI is InChI=1S/C13H27N3O/c1-12(16-9-4-3-5-10-16)11-15-8-6-7-13(17)14-2/h12,15H,3-11H2,1-2H3,(H,14,17). The summed E-state index contributed by atoms with van der Waals surface area (Å²) in [6, 6.07) is 0.621. The molecule has 0 saturated carbocycles. The Labute approximate surface area is 105 Å². The van der Waals surface area contributed by atoms with Crippen LogP contribution < -0.4 is 10.6 Å². The van der Waals surface area contributed by atoms with Gasteiger partial charge in [0.2, 0.25) is 5.91 Å². The van der Waals surface area contributed by atoms with Gasteiger partial charge in [-0.05, 0) is 45.8 Å². The van der Waals surface area contributed by atoms with Crippen molar-refractivity contribution < 1.29 is 4.79 Å². The molecule has 1 amide bonds. The Bertz CT molecular complexity index is 215. The van der Waals surface area contributed by atoms with Crippen LogP contribution in [0.1, 0.15) is 39.0 Å². The molecule has 0 aromatic heterocycles. The summed E-state index contributed by atoms with van der Waals surface area (Å²) in [5.74, 6) is 0.135. The quantitative estimate of drug-likeness (QED) is 0.653. The van der Waals surface area contributed by atoms with Gasteiger partial charge >= 0.3 is 0 Å². The Kier molecular flexibility index (Phi) is 7.21. The van der Waals surface area contributed by atoms with Crippen molar-refractivity contribution in [3.63, 3.8) is 0 Å². The second kappa shape index (κ2) is 8.48. The molecule has 0 aliphatic carbocycles. The molecule has 0 aromatic carbocycles. The Morgan fingerprint density at radius 2 is 2.00 bits per heavy atom. The molecule has 1 saturated heterocycles. The lowest BCUT2D eigenvalue weighted by atomic mass is 10.1. The summed E-state index contributed by atoms with van der Waals surface area (Å²) in [6.07, 6.45) is 5.64. The van der Waals surface area contributed by atoms with E-state index in [1.807, 2.05) is 0 Å². The second-order valence-electron chi connectivity index (χ2n) is 4.93. The number of hydrogen-bond donors (Lipinski definition) is 2. The predicted molar refractivity (Wildman–Crippen MR) is 71.1 cm³/mol. The molecule has 1 atom stereocenters. The molecule has 1 fully saturated rings. The van der Waals surface area contributed by atoms with Crippen LogP contribution >= 0.6 is 0 Å². The first-order valence-corrected chi connectivity index (χ1v) is 6.89. The summed E-state index contributed by atoms with van der Waals surface area (Å²) < 4.78 is 0. The zero-order chi connectivity index (χ0) is 12.5. The number of piperidine rings is 1. The summed E-state index contributed by atoms with van der Waals surface area (Å²) in [6.45, 7) is 6.76. The first-order chi connectivity index (χ1) is 8.24. The van der Waals surface area contributed by atoms with Crippen molar-refractivity contribution in [2.24, 2.45) is 0 Å². The van der Waals surface area contributed by atoms with Crippen LogP contribution in [0, 0.1) is 0 Å². The van der Waals surface area contributed by atoms with Crippen molar-refractivity contribution in [1.82, 2.24) is 15.5 Å².